The average molecular weight is 380 g/mol. The Kier molecular flexibility index (Phi) is 7.82. The van der Waals surface area contributed by atoms with Gasteiger partial charge in [0.1, 0.15) is 0 Å². The van der Waals surface area contributed by atoms with E-state index in [9.17, 15) is 13.2 Å². The second kappa shape index (κ2) is 8.89. The fraction of sp³-hybridized carbons (Fsp3) is 0.500. The fourth-order valence-electron chi connectivity index (χ4n) is 2.13. The third-order valence-corrected chi connectivity index (χ3v) is 6.27. The molecule has 0 bridgehead atoms. The summed E-state index contributed by atoms with van der Waals surface area (Å²) in [5.41, 5.74) is 0.497. The van der Waals surface area contributed by atoms with Crippen molar-refractivity contribution in [3.8, 4) is 0 Å². The van der Waals surface area contributed by atoms with Crippen LogP contribution in [0.5, 0.6) is 0 Å². The zero-order chi connectivity index (χ0) is 16.2. The van der Waals surface area contributed by atoms with Crippen molar-refractivity contribution in [2.45, 2.75) is 17.4 Å². The number of amides is 1. The van der Waals surface area contributed by atoms with E-state index in [0.29, 0.717) is 12.1 Å². The Morgan fingerprint density at radius 3 is 2.78 bits per heavy atom. The molecule has 6 nitrogen and oxygen atoms in total. The molecule has 1 aliphatic rings. The van der Waals surface area contributed by atoms with Crippen LogP contribution in [0.3, 0.4) is 0 Å². The second-order valence-electron chi connectivity index (χ2n) is 5.29. The molecular formula is C14H22ClN3O3S2. The first-order valence-electron chi connectivity index (χ1n) is 7.03. The SMILES string of the molecule is CN(C)S(=O)(=O)c1cccc(NC(=O)CC2CSCCN2)c1.Cl. The largest absolute Gasteiger partial charge is 0.326 e. The molecule has 0 aliphatic carbocycles. The van der Waals surface area contributed by atoms with Gasteiger partial charge in [-0.3, -0.25) is 4.79 Å². The summed E-state index contributed by atoms with van der Waals surface area (Å²) in [6.45, 7) is 0.916. The van der Waals surface area contributed by atoms with Crippen molar-refractivity contribution in [2.24, 2.45) is 0 Å². The summed E-state index contributed by atoms with van der Waals surface area (Å²) in [4.78, 5) is 12.2. The predicted molar refractivity (Wildman–Crippen MR) is 96.9 cm³/mol. The van der Waals surface area contributed by atoms with Gasteiger partial charge in [-0.05, 0) is 18.2 Å². The number of hydrogen-bond acceptors (Lipinski definition) is 5. The summed E-state index contributed by atoms with van der Waals surface area (Å²) in [6, 6.07) is 6.49. The highest BCUT2D eigenvalue weighted by Crippen LogP contribution is 2.18. The molecule has 9 heteroatoms. The quantitative estimate of drug-likeness (QED) is 0.808. The molecule has 1 aliphatic heterocycles. The molecule has 23 heavy (non-hydrogen) atoms. The molecular weight excluding hydrogens is 358 g/mol. The molecule has 1 saturated heterocycles. The molecule has 2 N–H and O–H groups in total. The molecule has 0 aromatic heterocycles. The van der Waals surface area contributed by atoms with Gasteiger partial charge in [0, 0.05) is 50.3 Å². The van der Waals surface area contributed by atoms with Crippen LogP contribution in [0.4, 0.5) is 5.69 Å². The Bertz CT molecular complexity index is 632. The van der Waals surface area contributed by atoms with Gasteiger partial charge in [0.25, 0.3) is 0 Å². The highest BCUT2D eigenvalue weighted by atomic mass is 35.5. The van der Waals surface area contributed by atoms with Crippen molar-refractivity contribution in [1.82, 2.24) is 9.62 Å². The van der Waals surface area contributed by atoms with Crippen molar-refractivity contribution in [3.05, 3.63) is 24.3 Å². The summed E-state index contributed by atoms with van der Waals surface area (Å²) in [5.74, 6) is 1.88. The minimum atomic E-state index is -3.50. The fourth-order valence-corrected chi connectivity index (χ4v) is 4.03. The molecule has 0 saturated carbocycles. The Balaban J connectivity index is 0.00000264. The van der Waals surface area contributed by atoms with E-state index >= 15 is 0 Å². The molecule has 0 spiro atoms. The number of thioether (sulfide) groups is 1. The lowest BCUT2D eigenvalue weighted by atomic mass is 10.2. The molecule has 1 fully saturated rings. The van der Waals surface area contributed by atoms with E-state index in [-0.39, 0.29) is 29.3 Å². The van der Waals surface area contributed by atoms with E-state index < -0.39 is 10.0 Å². The standard InChI is InChI=1S/C14H21N3O3S2.ClH/c1-17(2)22(19,20)13-5-3-4-11(8-13)16-14(18)9-12-10-21-7-6-15-12;/h3-5,8,12,15H,6-7,9-10H2,1-2H3,(H,16,18);1H. The van der Waals surface area contributed by atoms with Crippen molar-refractivity contribution in [2.75, 3.05) is 37.5 Å². The van der Waals surface area contributed by atoms with Gasteiger partial charge in [0.15, 0.2) is 0 Å². The topological polar surface area (TPSA) is 78.5 Å². The Labute approximate surface area is 147 Å². The number of sulfonamides is 1. The monoisotopic (exact) mass is 379 g/mol. The average Bonchev–Trinajstić information content (AvgIpc) is 2.48. The minimum absolute atomic E-state index is 0. The summed E-state index contributed by atoms with van der Waals surface area (Å²) in [7, 11) is -0.538. The van der Waals surface area contributed by atoms with Crippen LogP contribution in [-0.4, -0.2) is 56.8 Å². The van der Waals surface area contributed by atoms with Crippen molar-refractivity contribution in [3.63, 3.8) is 0 Å². The van der Waals surface area contributed by atoms with Gasteiger partial charge in [0.2, 0.25) is 15.9 Å². The van der Waals surface area contributed by atoms with Crippen molar-refractivity contribution in [1.29, 1.82) is 0 Å². The second-order valence-corrected chi connectivity index (χ2v) is 8.60. The van der Waals surface area contributed by atoms with E-state index in [0.717, 1.165) is 22.4 Å². The third kappa shape index (κ3) is 5.65. The summed E-state index contributed by atoms with van der Waals surface area (Å²) >= 11 is 1.83. The van der Waals surface area contributed by atoms with Crippen LogP contribution in [0.15, 0.2) is 29.2 Å². The number of carbonyl (C=O) groups excluding carboxylic acids is 1. The molecule has 1 aromatic carbocycles. The van der Waals surface area contributed by atoms with Gasteiger partial charge < -0.3 is 10.6 Å². The molecule has 1 amide bonds. The zero-order valence-electron chi connectivity index (χ0n) is 13.1. The number of benzene rings is 1. The molecule has 0 radical (unpaired) electrons. The van der Waals surface area contributed by atoms with Gasteiger partial charge in [-0.1, -0.05) is 6.07 Å². The summed E-state index contributed by atoms with van der Waals surface area (Å²) < 4.78 is 25.3. The Hall–Kier alpha value is -0.800. The lowest BCUT2D eigenvalue weighted by Crippen LogP contribution is -2.39. The number of rotatable bonds is 5. The maximum atomic E-state index is 12.1. The van der Waals surface area contributed by atoms with Gasteiger partial charge in [0.05, 0.1) is 4.90 Å². The summed E-state index contributed by atoms with van der Waals surface area (Å²) in [6.07, 6.45) is 0.387. The van der Waals surface area contributed by atoms with Crippen LogP contribution in [0.2, 0.25) is 0 Å². The van der Waals surface area contributed by atoms with Gasteiger partial charge >= 0.3 is 0 Å². The molecule has 1 unspecified atom stereocenters. The van der Waals surface area contributed by atoms with Crippen LogP contribution < -0.4 is 10.6 Å². The lowest BCUT2D eigenvalue weighted by Gasteiger charge is -2.22. The van der Waals surface area contributed by atoms with Crippen molar-refractivity contribution < 1.29 is 13.2 Å². The van der Waals surface area contributed by atoms with Crippen LogP contribution in [0.1, 0.15) is 6.42 Å². The zero-order valence-corrected chi connectivity index (χ0v) is 15.6. The van der Waals surface area contributed by atoms with Crippen LogP contribution in [0.25, 0.3) is 0 Å². The highest BCUT2D eigenvalue weighted by molar-refractivity contribution is 7.99. The van der Waals surface area contributed by atoms with E-state index in [4.69, 9.17) is 0 Å². The predicted octanol–water partition coefficient (Wildman–Crippen LogP) is 1.39. The van der Waals surface area contributed by atoms with E-state index in [2.05, 4.69) is 10.6 Å². The first-order chi connectivity index (χ1) is 10.4. The maximum absolute atomic E-state index is 12.1. The Morgan fingerprint density at radius 2 is 2.17 bits per heavy atom. The van der Waals surface area contributed by atoms with Gasteiger partial charge in [-0.15, -0.1) is 12.4 Å². The number of anilines is 1. The van der Waals surface area contributed by atoms with Gasteiger partial charge in [-0.25, -0.2) is 12.7 Å². The maximum Gasteiger partial charge on any atom is 0.242 e. The number of hydrogen-bond donors (Lipinski definition) is 2. The number of carbonyl (C=O) groups is 1. The number of nitrogens with one attached hydrogen (secondary N) is 2. The lowest BCUT2D eigenvalue weighted by molar-refractivity contribution is -0.116. The Morgan fingerprint density at radius 1 is 1.43 bits per heavy atom. The first-order valence-corrected chi connectivity index (χ1v) is 9.62. The highest BCUT2D eigenvalue weighted by Gasteiger charge is 2.19. The molecule has 130 valence electrons. The number of halogens is 1. The van der Waals surface area contributed by atoms with Crippen LogP contribution in [0, 0.1) is 0 Å². The van der Waals surface area contributed by atoms with Gasteiger partial charge in [-0.2, -0.15) is 11.8 Å². The molecule has 1 aromatic rings. The van der Waals surface area contributed by atoms with E-state index in [1.165, 1.54) is 26.2 Å². The van der Waals surface area contributed by atoms with Crippen LogP contribution >= 0.6 is 24.2 Å². The summed E-state index contributed by atoms with van der Waals surface area (Å²) in [5, 5.41) is 6.07. The molecule has 2 rings (SSSR count). The van der Waals surface area contributed by atoms with E-state index in [1.807, 2.05) is 11.8 Å². The van der Waals surface area contributed by atoms with Crippen molar-refractivity contribution >= 4 is 45.8 Å². The normalized spacial score (nSPS) is 18.3. The van der Waals surface area contributed by atoms with Crippen LogP contribution in [-0.2, 0) is 14.8 Å². The first kappa shape index (κ1) is 20.2. The molecule has 1 atom stereocenters. The smallest absolute Gasteiger partial charge is 0.242 e. The molecule has 1 heterocycles. The number of nitrogens with zero attached hydrogens (tertiary/aromatic N) is 1. The van der Waals surface area contributed by atoms with E-state index in [1.54, 1.807) is 12.1 Å². The minimum Gasteiger partial charge on any atom is -0.326 e. The third-order valence-electron chi connectivity index (χ3n) is 3.33.